The number of nitrogens with one attached hydrogen (secondary N) is 2. The zero-order valence-electron chi connectivity index (χ0n) is 18.9. The Hall–Kier alpha value is -3.03. The molecule has 2 saturated carbocycles. The van der Waals surface area contributed by atoms with Crippen LogP contribution in [0, 0.1) is 0 Å². The monoisotopic (exact) mass is 474 g/mol. The summed E-state index contributed by atoms with van der Waals surface area (Å²) < 4.78 is 45.1. The van der Waals surface area contributed by atoms with Crippen molar-refractivity contribution in [3.63, 3.8) is 0 Å². The van der Waals surface area contributed by atoms with E-state index in [-0.39, 0.29) is 18.4 Å². The Morgan fingerprint density at radius 1 is 1.03 bits per heavy atom. The lowest BCUT2D eigenvalue weighted by atomic mass is 9.77. The number of hydrogen-bond donors (Lipinski definition) is 2. The first-order valence-corrected chi connectivity index (χ1v) is 11.7. The first kappa shape index (κ1) is 24.1. The molecule has 0 atom stereocenters. The van der Waals surface area contributed by atoms with E-state index in [4.69, 9.17) is 4.74 Å². The third-order valence-electron chi connectivity index (χ3n) is 6.57. The molecule has 5 nitrogen and oxygen atoms in total. The number of benzene rings is 2. The van der Waals surface area contributed by atoms with Gasteiger partial charge in [-0.05, 0) is 61.4 Å². The Labute approximate surface area is 197 Å². The molecular weight excluding hydrogens is 445 g/mol. The fourth-order valence-corrected chi connectivity index (χ4v) is 4.51. The number of halogens is 3. The van der Waals surface area contributed by atoms with E-state index in [0.29, 0.717) is 43.2 Å². The lowest BCUT2D eigenvalue weighted by Crippen LogP contribution is -2.43. The molecule has 2 aliphatic rings. The maximum Gasteiger partial charge on any atom is 0.416 e. The number of ether oxygens (including phenoxy) is 1. The van der Waals surface area contributed by atoms with Crippen molar-refractivity contribution in [1.29, 1.82) is 0 Å². The second-order valence-corrected chi connectivity index (χ2v) is 9.15. The van der Waals surface area contributed by atoms with E-state index >= 15 is 0 Å². The van der Waals surface area contributed by atoms with E-state index in [1.165, 1.54) is 6.07 Å². The summed E-state index contributed by atoms with van der Waals surface area (Å²) in [5.74, 6) is 0.245. The predicted octanol–water partition coefficient (Wildman–Crippen LogP) is 4.53. The molecule has 0 spiro atoms. The Kier molecular flexibility index (Phi) is 7.14. The van der Waals surface area contributed by atoms with Crippen molar-refractivity contribution in [1.82, 2.24) is 10.6 Å². The van der Waals surface area contributed by atoms with E-state index in [2.05, 4.69) is 10.6 Å². The molecule has 0 bridgehead atoms. The molecule has 182 valence electrons. The summed E-state index contributed by atoms with van der Waals surface area (Å²) in [6, 6.07) is 12.8. The highest BCUT2D eigenvalue weighted by atomic mass is 19.4. The van der Waals surface area contributed by atoms with Gasteiger partial charge < -0.3 is 15.4 Å². The van der Waals surface area contributed by atoms with Gasteiger partial charge in [0.05, 0.1) is 11.0 Å². The van der Waals surface area contributed by atoms with Crippen LogP contribution in [0.3, 0.4) is 0 Å². The van der Waals surface area contributed by atoms with Crippen molar-refractivity contribution >= 4 is 11.8 Å². The third kappa shape index (κ3) is 5.90. The lowest BCUT2D eigenvalue weighted by molar-refractivity contribution is -0.138. The maximum atomic E-state index is 13.2. The van der Waals surface area contributed by atoms with Crippen LogP contribution in [0.5, 0.6) is 5.75 Å². The van der Waals surface area contributed by atoms with Crippen molar-refractivity contribution < 1.29 is 27.5 Å². The fourth-order valence-electron chi connectivity index (χ4n) is 4.51. The molecule has 4 rings (SSSR count). The molecule has 0 heterocycles. The van der Waals surface area contributed by atoms with Gasteiger partial charge in [0.2, 0.25) is 5.91 Å². The van der Waals surface area contributed by atoms with E-state index in [0.717, 1.165) is 43.4 Å². The Balaban J connectivity index is 1.31. The van der Waals surface area contributed by atoms with Gasteiger partial charge in [-0.3, -0.25) is 9.59 Å². The number of carbonyl (C=O) groups excluding carboxylic acids is 2. The molecule has 2 fully saturated rings. The maximum absolute atomic E-state index is 13.2. The number of amides is 2. The van der Waals surface area contributed by atoms with Crippen molar-refractivity contribution in [3.8, 4) is 5.75 Å². The molecule has 0 unspecified atom stereocenters. The minimum absolute atomic E-state index is 0.0243. The van der Waals surface area contributed by atoms with Crippen LogP contribution in [-0.2, 0) is 27.6 Å². The summed E-state index contributed by atoms with van der Waals surface area (Å²) in [4.78, 5) is 24.9. The van der Waals surface area contributed by atoms with E-state index in [1.807, 2.05) is 12.1 Å². The SMILES string of the molecule is O=C(COc1ccc(CCNC(=O)C2(c3cccc(C(F)(F)F)c3)CCCC2)cc1)NC1CC1. The zero-order chi connectivity index (χ0) is 24.2. The van der Waals surface area contributed by atoms with Crippen LogP contribution in [0.15, 0.2) is 48.5 Å². The van der Waals surface area contributed by atoms with E-state index < -0.39 is 17.2 Å². The number of rotatable bonds is 9. The summed E-state index contributed by atoms with van der Waals surface area (Å²) >= 11 is 0. The molecule has 2 aromatic rings. The molecular formula is C26H29F3N2O3. The highest BCUT2D eigenvalue weighted by molar-refractivity contribution is 5.88. The summed E-state index contributed by atoms with van der Waals surface area (Å²) in [5.41, 5.74) is -0.226. The smallest absolute Gasteiger partial charge is 0.416 e. The summed E-state index contributed by atoms with van der Waals surface area (Å²) in [7, 11) is 0. The van der Waals surface area contributed by atoms with Gasteiger partial charge in [-0.1, -0.05) is 43.2 Å². The Morgan fingerprint density at radius 3 is 2.38 bits per heavy atom. The van der Waals surface area contributed by atoms with Crippen LogP contribution in [0.2, 0.25) is 0 Å². The van der Waals surface area contributed by atoms with Crippen molar-refractivity contribution in [3.05, 3.63) is 65.2 Å². The molecule has 2 N–H and O–H groups in total. The summed E-state index contributed by atoms with van der Waals surface area (Å²) in [5, 5.41) is 5.81. The standard InChI is InChI=1S/C26H29F3N2O3/c27-26(28,29)20-5-3-4-19(16-20)25(13-1-2-14-25)24(33)30-15-12-18-6-10-22(11-7-18)34-17-23(32)31-21-8-9-21/h3-7,10-11,16,21H,1-2,8-9,12-15,17H2,(H,30,33)(H,31,32). The average Bonchev–Trinajstić information content (AvgIpc) is 3.48. The molecule has 0 aliphatic heterocycles. The van der Waals surface area contributed by atoms with Crippen molar-refractivity contribution in [2.24, 2.45) is 0 Å². The molecule has 34 heavy (non-hydrogen) atoms. The molecule has 0 aromatic heterocycles. The van der Waals surface area contributed by atoms with Crippen LogP contribution in [0.1, 0.15) is 55.2 Å². The highest BCUT2D eigenvalue weighted by Crippen LogP contribution is 2.43. The third-order valence-corrected chi connectivity index (χ3v) is 6.57. The number of hydrogen-bond acceptors (Lipinski definition) is 3. The van der Waals surface area contributed by atoms with Crippen LogP contribution >= 0.6 is 0 Å². The van der Waals surface area contributed by atoms with Gasteiger partial charge in [-0.25, -0.2) is 0 Å². The normalized spacial score (nSPS) is 17.3. The minimum Gasteiger partial charge on any atom is -0.484 e. The van der Waals surface area contributed by atoms with Gasteiger partial charge in [0, 0.05) is 12.6 Å². The molecule has 2 aromatic carbocycles. The van der Waals surface area contributed by atoms with Crippen LogP contribution in [0.25, 0.3) is 0 Å². The van der Waals surface area contributed by atoms with Crippen molar-refractivity contribution in [2.75, 3.05) is 13.2 Å². The number of carbonyl (C=O) groups is 2. The zero-order valence-corrected chi connectivity index (χ0v) is 18.9. The van der Waals surface area contributed by atoms with Gasteiger partial charge in [0.25, 0.3) is 5.91 Å². The molecule has 0 radical (unpaired) electrons. The number of alkyl halides is 3. The summed E-state index contributed by atoms with van der Waals surface area (Å²) in [6.07, 6.45) is 0.890. The van der Waals surface area contributed by atoms with Crippen LogP contribution in [-0.4, -0.2) is 31.0 Å². The fraction of sp³-hybridized carbons (Fsp3) is 0.462. The van der Waals surface area contributed by atoms with Crippen molar-refractivity contribution in [2.45, 2.75) is 62.6 Å². The van der Waals surface area contributed by atoms with E-state index in [1.54, 1.807) is 18.2 Å². The Morgan fingerprint density at radius 2 is 1.74 bits per heavy atom. The molecule has 0 saturated heterocycles. The summed E-state index contributed by atoms with van der Waals surface area (Å²) in [6.45, 7) is 0.354. The quantitative estimate of drug-likeness (QED) is 0.561. The lowest BCUT2D eigenvalue weighted by Gasteiger charge is -2.29. The van der Waals surface area contributed by atoms with Crippen LogP contribution in [0.4, 0.5) is 13.2 Å². The highest BCUT2D eigenvalue weighted by Gasteiger charge is 2.43. The molecule has 2 amide bonds. The van der Waals surface area contributed by atoms with Crippen LogP contribution < -0.4 is 15.4 Å². The van der Waals surface area contributed by atoms with Gasteiger partial charge in [0.1, 0.15) is 5.75 Å². The first-order chi connectivity index (χ1) is 16.3. The van der Waals surface area contributed by atoms with Gasteiger partial charge >= 0.3 is 6.18 Å². The molecule has 2 aliphatic carbocycles. The van der Waals surface area contributed by atoms with Gasteiger partial charge in [-0.15, -0.1) is 0 Å². The topological polar surface area (TPSA) is 67.4 Å². The molecule has 8 heteroatoms. The minimum atomic E-state index is -4.44. The average molecular weight is 475 g/mol. The van der Waals surface area contributed by atoms with Gasteiger partial charge in [-0.2, -0.15) is 13.2 Å². The Bertz CT molecular complexity index is 1010. The van der Waals surface area contributed by atoms with Gasteiger partial charge in [0.15, 0.2) is 6.61 Å². The second kappa shape index (κ2) is 10.1. The first-order valence-electron chi connectivity index (χ1n) is 11.7. The predicted molar refractivity (Wildman–Crippen MR) is 121 cm³/mol. The largest absolute Gasteiger partial charge is 0.484 e. The van der Waals surface area contributed by atoms with E-state index in [9.17, 15) is 22.8 Å². The second-order valence-electron chi connectivity index (χ2n) is 9.15.